The molecule has 0 aromatic heterocycles. The molecule has 11 heteroatoms. The van der Waals surface area contributed by atoms with Crippen molar-refractivity contribution in [2.75, 3.05) is 39.4 Å². The maximum atomic E-state index is 14.1. The fraction of sp³-hybridized carbons (Fsp3) is 0.529. The molecule has 1 amide bonds. The zero-order chi connectivity index (χ0) is 19.7. The number of Topliss-reactive ketones (excluding diaryl/α,β-unsaturated/α-hetero) is 1. The lowest BCUT2D eigenvalue weighted by atomic mass is 9.93. The second kappa shape index (κ2) is 9.19. The molecule has 1 aromatic carbocycles. The lowest BCUT2D eigenvalue weighted by Crippen LogP contribution is -2.46. The number of ketones is 1. The second-order valence-electron chi connectivity index (χ2n) is 6.62. The Morgan fingerprint density at radius 1 is 1.11 bits per heavy atom. The molecule has 2 aliphatic heterocycles. The average Bonchev–Trinajstić information content (AvgIpc) is 3.07. The van der Waals surface area contributed by atoms with E-state index in [1.54, 1.807) is 4.90 Å². The normalized spacial score (nSPS) is 22.8. The number of likely N-dealkylation sites (tertiary alicyclic amines) is 1. The minimum absolute atomic E-state index is 0. The summed E-state index contributed by atoms with van der Waals surface area (Å²) in [6.45, 7) is 1.45. The highest BCUT2D eigenvalue weighted by atomic mass is 79.9. The van der Waals surface area contributed by atoms with Crippen molar-refractivity contribution in [2.45, 2.75) is 18.4 Å². The molecule has 156 valence electrons. The van der Waals surface area contributed by atoms with Gasteiger partial charge < -0.3 is 9.84 Å². The van der Waals surface area contributed by atoms with Gasteiger partial charge in [0, 0.05) is 37.2 Å². The van der Waals surface area contributed by atoms with Gasteiger partial charge in [0.15, 0.2) is 29.1 Å². The Balaban J connectivity index is 0.00000280. The van der Waals surface area contributed by atoms with Crippen molar-refractivity contribution in [3.63, 3.8) is 0 Å². The lowest BCUT2D eigenvalue weighted by Gasteiger charge is -2.28. The largest absolute Gasteiger partial charge is 0.465 e. The molecule has 0 bridgehead atoms. The third-order valence-electron chi connectivity index (χ3n) is 4.96. The minimum atomic E-state index is -1.56. The maximum Gasteiger partial charge on any atom is 0.407 e. The smallest absolute Gasteiger partial charge is 0.407 e. The summed E-state index contributed by atoms with van der Waals surface area (Å²) < 4.78 is 60.3. The van der Waals surface area contributed by atoms with E-state index in [1.165, 1.54) is 0 Å². The SMILES string of the molecule is Br.O=C(CN1CCOCC1)C1C[C@H](c2c(F)c(F)cc(F)c2F)CN1C(=O)O. The first-order valence-electron chi connectivity index (χ1n) is 8.44. The molecule has 2 heterocycles. The van der Waals surface area contributed by atoms with Crippen molar-refractivity contribution >= 4 is 28.9 Å². The summed E-state index contributed by atoms with van der Waals surface area (Å²) in [4.78, 5) is 26.6. The van der Waals surface area contributed by atoms with Crippen LogP contribution in [-0.2, 0) is 9.53 Å². The van der Waals surface area contributed by atoms with E-state index in [9.17, 15) is 32.3 Å². The van der Waals surface area contributed by atoms with Crippen LogP contribution in [0.2, 0.25) is 0 Å². The molecule has 6 nitrogen and oxygen atoms in total. The van der Waals surface area contributed by atoms with Gasteiger partial charge in [-0.25, -0.2) is 22.4 Å². The van der Waals surface area contributed by atoms with Crippen molar-refractivity contribution in [2.24, 2.45) is 0 Å². The molecule has 1 aromatic rings. The van der Waals surface area contributed by atoms with Gasteiger partial charge in [-0.2, -0.15) is 0 Å². The highest BCUT2D eigenvalue weighted by Gasteiger charge is 2.43. The van der Waals surface area contributed by atoms with Crippen molar-refractivity contribution in [1.29, 1.82) is 0 Å². The van der Waals surface area contributed by atoms with Crippen molar-refractivity contribution in [1.82, 2.24) is 9.80 Å². The fourth-order valence-corrected chi connectivity index (χ4v) is 3.60. The number of nitrogens with zero attached hydrogens (tertiary/aromatic N) is 2. The van der Waals surface area contributed by atoms with E-state index in [4.69, 9.17) is 4.74 Å². The Kier molecular flexibility index (Phi) is 7.40. The molecule has 2 saturated heterocycles. The molecule has 2 atom stereocenters. The first-order chi connectivity index (χ1) is 12.8. The van der Waals surface area contributed by atoms with Gasteiger partial charge in [-0.1, -0.05) is 0 Å². The second-order valence-corrected chi connectivity index (χ2v) is 6.62. The van der Waals surface area contributed by atoms with E-state index in [-0.39, 0.29) is 36.0 Å². The van der Waals surface area contributed by atoms with Crippen LogP contribution in [0.3, 0.4) is 0 Å². The molecule has 0 spiro atoms. The van der Waals surface area contributed by atoms with E-state index in [0.29, 0.717) is 26.3 Å². The van der Waals surface area contributed by atoms with Crippen LogP contribution in [0.5, 0.6) is 0 Å². The monoisotopic (exact) mass is 470 g/mol. The van der Waals surface area contributed by atoms with Gasteiger partial charge in [0.2, 0.25) is 0 Å². The molecule has 0 saturated carbocycles. The Bertz CT molecular complexity index is 735. The van der Waals surface area contributed by atoms with Crippen LogP contribution in [0, 0.1) is 23.3 Å². The summed E-state index contributed by atoms with van der Waals surface area (Å²) >= 11 is 0. The summed E-state index contributed by atoms with van der Waals surface area (Å²) in [6, 6.07) is -1.04. The number of morpholine rings is 1. The highest BCUT2D eigenvalue weighted by Crippen LogP contribution is 2.36. The van der Waals surface area contributed by atoms with E-state index in [2.05, 4.69) is 0 Å². The van der Waals surface area contributed by atoms with Crippen LogP contribution >= 0.6 is 17.0 Å². The molecular formula is C17H19BrF4N2O4. The zero-order valence-corrected chi connectivity index (χ0v) is 16.4. The van der Waals surface area contributed by atoms with Gasteiger partial charge >= 0.3 is 6.09 Å². The van der Waals surface area contributed by atoms with E-state index in [0.717, 1.165) is 4.90 Å². The van der Waals surface area contributed by atoms with Gasteiger partial charge in [-0.15, -0.1) is 17.0 Å². The van der Waals surface area contributed by atoms with Crippen LogP contribution in [0.25, 0.3) is 0 Å². The topological polar surface area (TPSA) is 70.1 Å². The van der Waals surface area contributed by atoms with Crippen LogP contribution in [0.4, 0.5) is 22.4 Å². The van der Waals surface area contributed by atoms with Crippen LogP contribution in [0.1, 0.15) is 17.9 Å². The molecule has 0 radical (unpaired) electrons. The molecular weight excluding hydrogens is 452 g/mol. The number of carbonyl (C=O) groups excluding carboxylic acids is 1. The van der Waals surface area contributed by atoms with Crippen LogP contribution < -0.4 is 0 Å². The van der Waals surface area contributed by atoms with Crippen LogP contribution in [0.15, 0.2) is 6.07 Å². The summed E-state index contributed by atoms with van der Waals surface area (Å²) in [5.74, 6) is -7.84. The van der Waals surface area contributed by atoms with Crippen LogP contribution in [-0.4, -0.2) is 72.2 Å². The molecule has 2 aliphatic rings. The minimum Gasteiger partial charge on any atom is -0.465 e. The Morgan fingerprint density at radius 3 is 2.21 bits per heavy atom. The number of hydrogen-bond acceptors (Lipinski definition) is 4. The summed E-state index contributed by atoms with van der Waals surface area (Å²) in [6.07, 6.45) is -1.68. The first-order valence-corrected chi connectivity index (χ1v) is 8.44. The Labute approximate surface area is 168 Å². The van der Waals surface area contributed by atoms with Crippen molar-refractivity contribution < 1.29 is 37.0 Å². The predicted octanol–water partition coefficient (Wildman–Crippen LogP) is 2.56. The Hall–Kier alpha value is -1.72. The average molecular weight is 471 g/mol. The molecule has 28 heavy (non-hydrogen) atoms. The van der Waals surface area contributed by atoms with Crippen molar-refractivity contribution in [3.8, 4) is 0 Å². The number of halogens is 5. The fourth-order valence-electron chi connectivity index (χ4n) is 3.60. The lowest BCUT2D eigenvalue weighted by molar-refractivity contribution is -0.125. The molecule has 1 unspecified atom stereocenters. The highest BCUT2D eigenvalue weighted by molar-refractivity contribution is 8.93. The van der Waals surface area contributed by atoms with Gasteiger partial charge in [0.25, 0.3) is 0 Å². The third-order valence-corrected chi connectivity index (χ3v) is 4.96. The third kappa shape index (κ3) is 4.47. The van der Waals surface area contributed by atoms with E-state index < -0.39 is 59.2 Å². The van der Waals surface area contributed by atoms with Gasteiger partial charge in [0.1, 0.15) is 0 Å². The first kappa shape index (κ1) is 22.6. The number of rotatable bonds is 4. The molecule has 1 N–H and O–H groups in total. The summed E-state index contributed by atoms with van der Waals surface area (Å²) in [5.41, 5.74) is -0.861. The van der Waals surface area contributed by atoms with Gasteiger partial charge in [-0.3, -0.25) is 14.6 Å². The summed E-state index contributed by atoms with van der Waals surface area (Å²) in [5, 5.41) is 9.36. The molecule has 2 fully saturated rings. The summed E-state index contributed by atoms with van der Waals surface area (Å²) in [7, 11) is 0. The number of benzene rings is 1. The molecule has 0 aliphatic carbocycles. The maximum absolute atomic E-state index is 14.1. The zero-order valence-electron chi connectivity index (χ0n) is 14.7. The number of carbonyl (C=O) groups is 2. The van der Waals surface area contributed by atoms with E-state index in [1.807, 2.05) is 0 Å². The number of carboxylic acid groups (broad SMARTS) is 1. The number of ether oxygens (including phenoxy) is 1. The van der Waals surface area contributed by atoms with E-state index >= 15 is 0 Å². The number of hydrogen-bond donors (Lipinski definition) is 1. The number of amides is 1. The Morgan fingerprint density at radius 2 is 1.68 bits per heavy atom. The predicted molar refractivity (Wildman–Crippen MR) is 94.7 cm³/mol. The van der Waals surface area contributed by atoms with Crippen molar-refractivity contribution in [3.05, 3.63) is 34.9 Å². The molecule has 3 rings (SSSR count). The standard InChI is InChI=1S/C17H18F4N2O4.BrH/c18-10-6-11(19)16(21)14(15(10)20)9-5-12(23(7-9)17(25)26)13(24)8-22-1-3-27-4-2-22;/h6,9,12H,1-5,7-8H2,(H,25,26);1H/t9-,12?;/m0./s1. The van der Waals surface area contributed by atoms with Gasteiger partial charge in [0.05, 0.1) is 25.8 Å². The quantitative estimate of drug-likeness (QED) is 0.540. The van der Waals surface area contributed by atoms with Gasteiger partial charge in [-0.05, 0) is 6.42 Å².